The lowest BCUT2D eigenvalue weighted by Gasteiger charge is -2.30. The number of hydrogen-bond acceptors (Lipinski definition) is 5. The Morgan fingerprint density at radius 3 is 2.30 bits per heavy atom. The van der Waals surface area contributed by atoms with E-state index in [1.807, 2.05) is 6.92 Å². The number of carbonyl (C=O) groups excluding carboxylic acids is 2. The lowest BCUT2D eigenvalue weighted by molar-refractivity contribution is -0.117. The van der Waals surface area contributed by atoms with E-state index in [9.17, 15) is 18.0 Å². The van der Waals surface area contributed by atoms with Gasteiger partial charge >= 0.3 is 5.97 Å². The van der Waals surface area contributed by atoms with Gasteiger partial charge in [-0.15, -0.1) is 0 Å². The van der Waals surface area contributed by atoms with Crippen molar-refractivity contribution < 1.29 is 22.7 Å². The van der Waals surface area contributed by atoms with Gasteiger partial charge in [-0.3, -0.25) is 9.10 Å². The van der Waals surface area contributed by atoms with Gasteiger partial charge in [0.15, 0.2) is 0 Å². The molecule has 0 aromatic heterocycles. The summed E-state index contributed by atoms with van der Waals surface area (Å²) in [6.07, 6.45) is 1.30. The average Bonchev–Trinajstić information content (AvgIpc) is 2.67. The van der Waals surface area contributed by atoms with Crippen LogP contribution in [0.1, 0.15) is 36.2 Å². The van der Waals surface area contributed by atoms with Crippen molar-refractivity contribution in [2.75, 3.05) is 22.5 Å². The summed E-state index contributed by atoms with van der Waals surface area (Å²) in [6, 6.07) is 10.3. The SMILES string of the molecule is CCOC(=O)c1cc(NC(=O)[C@H](CC)N(c2ccc(C)cc2)S(C)(=O)=O)ccc1Cl. The van der Waals surface area contributed by atoms with Gasteiger partial charge in [-0.25, -0.2) is 13.2 Å². The summed E-state index contributed by atoms with van der Waals surface area (Å²) >= 11 is 6.06. The van der Waals surface area contributed by atoms with E-state index in [0.29, 0.717) is 11.4 Å². The van der Waals surface area contributed by atoms with Gasteiger partial charge in [0.2, 0.25) is 15.9 Å². The molecule has 0 spiro atoms. The normalized spacial score (nSPS) is 12.2. The summed E-state index contributed by atoms with van der Waals surface area (Å²) in [5.74, 6) is -1.14. The number of nitrogens with zero attached hydrogens (tertiary/aromatic N) is 1. The number of nitrogens with one attached hydrogen (secondary N) is 1. The van der Waals surface area contributed by atoms with Crippen molar-refractivity contribution in [3.8, 4) is 0 Å². The molecule has 30 heavy (non-hydrogen) atoms. The summed E-state index contributed by atoms with van der Waals surface area (Å²) in [7, 11) is -3.74. The molecule has 0 radical (unpaired) electrons. The van der Waals surface area contributed by atoms with Crippen molar-refractivity contribution in [2.45, 2.75) is 33.2 Å². The van der Waals surface area contributed by atoms with Crippen LogP contribution in [0, 0.1) is 6.92 Å². The first-order valence-corrected chi connectivity index (χ1v) is 11.6. The largest absolute Gasteiger partial charge is 0.462 e. The minimum absolute atomic E-state index is 0.114. The van der Waals surface area contributed by atoms with E-state index < -0.39 is 27.9 Å². The molecule has 1 amide bonds. The van der Waals surface area contributed by atoms with Gasteiger partial charge in [0.25, 0.3) is 0 Å². The second-order valence-corrected chi connectivity index (χ2v) is 8.99. The Bertz CT molecular complexity index is 1020. The molecule has 162 valence electrons. The van der Waals surface area contributed by atoms with Gasteiger partial charge in [-0.1, -0.05) is 36.2 Å². The first-order chi connectivity index (χ1) is 14.1. The fraction of sp³-hybridized carbons (Fsp3) is 0.333. The highest BCUT2D eigenvalue weighted by molar-refractivity contribution is 7.92. The molecule has 1 N–H and O–H groups in total. The summed E-state index contributed by atoms with van der Waals surface area (Å²) in [5.41, 5.74) is 1.79. The monoisotopic (exact) mass is 452 g/mol. The van der Waals surface area contributed by atoms with Crippen LogP contribution >= 0.6 is 11.6 Å². The quantitative estimate of drug-likeness (QED) is 0.611. The van der Waals surface area contributed by atoms with Crippen LogP contribution in [-0.4, -0.2) is 39.2 Å². The number of aryl methyl sites for hydroxylation is 1. The minimum atomic E-state index is -3.74. The molecule has 0 aliphatic carbocycles. The maximum atomic E-state index is 13.0. The van der Waals surface area contributed by atoms with Crippen molar-refractivity contribution in [1.82, 2.24) is 0 Å². The molecule has 0 saturated heterocycles. The lowest BCUT2D eigenvalue weighted by Crippen LogP contribution is -2.47. The Kier molecular flexibility index (Phi) is 7.86. The van der Waals surface area contributed by atoms with E-state index in [1.54, 1.807) is 38.1 Å². The number of hydrogen-bond donors (Lipinski definition) is 1. The van der Waals surface area contributed by atoms with Gasteiger partial charge in [0.1, 0.15) is 6.04 Å². The van der Waals surface area contributed by atoms with E-state index in [1.165, 1.54) is 18.2 Å². The Morgan fingerprint density at radius 1 is 1.13 bits per heavy atom. The molecule has 1 atom stereocenters. The van der Waals surface area contributed by atoms with E-state index >= 15 is 0 Å². The number of carbonyl (C=O) groups is 2. The molecule has 2 aromatic rings. The van der Waals surface area contributed by atoms with E-state index in [2.05, 4.69) is 5.32 Å². The molecule has 9 heteroatoms. The summed E-state index contributed by atoms with van der Waals surface area (Å²) in [4.78, 5) is 25.0. The average molecular weight is 453 g/mol. The molecular formula is C21H25ClN2O5S. The van der Waals surface area contributed by atoms with Crippen LogP contribution in [0.2, 0.25) is 5.02 Å². The molecule has 0 aliphatic heterocycles. The Balaban J connectivity index is 2.36. The number of benzene rings is 2. The topological polar surface area (TPSA) is 92.8 Å². The maximum Gasteiger partial charge on any atom is 0.339 e. The summed E-state index contributed by atoms with van der Waals surface area (Å²) < 4.78 is 31.1. The number of anilines is 2. The highest BCUT2D eigenvalue weighted by Crippen LogP contribution is 2.25. The standard InChI is InChI=1S/C21H25ClN2O5S/c1-5-19(24(30(4,27)28)16-10-7-14(3)8-11-16)20(25)23-15-9-12-18(22)17(13-15)21(26)29-6-2/h7-13,19H,5-6H2,1-4H3,(H,23,25)/t19-/m0/s1. The number of halogens is 1. The van der Waals surface area contributed by atoms with Gasteiger partial charge < -0.3 is 10.1 Å². The minimum Gasteiger partial charge on any atom is -0.462 e. The molecule has 0 heterocycles. The second kappa shape index (κ2) is 9.95. The van der Waals surface area contributed by atoms with Crippen molar-refractivity contribution in [3.63, 3.8) is 0 Å². The van der Waals surface area contributed by atoms with E-state index in [0.717, 1.165) is 16.1 Å². The van der Waals surface area contributed by atoms with Crippen LogP contribution in [0.5, 0.6) is 0 Å². The zero-order chi connectivity index (χ0) is 22.5. The first kappa shape index (κ1) is 23.7. The number of rotatable bonds is 8. The summed E-state index contributed by atoms with van der Waals surface area (Å²) in [6.45, 7) is 5.47. The highest BCUT2D eigenvalue weighted by Gasteiger charge is 2.31. The lowest BCUT2D eigenvalue weighted by atomic mass is 10.1. The smallest absolute Gasteiger partial charge is 0.339 e. The van der Waals surface area contributed by atoms with Crippen LogP contribution in [-0.2, 0) is 19.6 Å². The van der Waals surface area contributed by atoms with Crippen LogP contribution in [0.3, 0.4) is 0 Å². The third-order valence-corrected chi connectivity index (χ3v) is 5.86. The van der Waals surface area contributed by atoms with Crippen molar-refractivity contribution >= 4 is 44.9 Å². The Hall–Kier alpha value is -2.58. The third kappa shape index (κ3) is 5.73. The maximum absolute atomic E-state index is 13.0. The molecule has 2 rings (SSSR count). The molecule has 0 saturated carbocycles. The van der Waals surface area contributed by atoms with Crippen LogP contribution in [0.25, 0.3) is 0 Å². The van der Waals surface area contributed by atoms with Crippen molar-refractivity contribution in [2.24, 2.45) is 0 Å². The van der Waals surface area contributed by atoms with Crippen LogP contribution in [0.15, 0.2) is 42.5 Å². The fourth-order valence-electron chi connectivity index (χ4n) is 2.95. The van der Waals surface area contributed by atoms with Gasteiger partial charge in [0, 0.05) is 5.69 Å². The molecule has 0 fully saturated rings. The van der Waals surface area contributed by atoms with Crippen LogP contribution in [0.4, 0.5) is 11.4 Å². The van der Waals surface area contributed by atoms with Crippen molar-refractivity contribution in [1.29, 1.82) is 0 Å². The summed E-state index contributed by atoms with van der Waals surface area (Å²) in [5, 5.41) is 2.87. The number of amides is 1. The predicted molar refractivity (Wildman–Crippen MR) is 119 cm³/mol. The van der Waals surface area contributed by atoms with E-state index in [4.69, 9.17) is 16.3 Å². The first-order valence-electron chi connectivity index (χ1n) is 9.42. The fourth-order valence-corrected chi connectivity index (χ4v) is 4.35. The Morgan fingerprint density at radius 2 is 1.77 bits per heavy atom. The molecule has 0 aliphatic rings. The highest BCUT2D eigenvalue weighted by atomic mass is 35.5. The van der Waals surface area contributed by atoms with Gasteiger partial charge in [-0.05, 0) is 50.6 Å². The number of esters is 1. The molecule has 2 aromatic carbocycles. The Labute approximate surface area is 182 Å². The van der Waals surface area contributed by atoms with Gasteiger partial charge in [-0.2, -0.15) is 0 Å². The van der Waals surface area contributed by atoms with E-state index in [-0.39, 0.29) is 23.6 Å². The molecule has 0 bridgehead atoms. The molecule has 0 unspecified atom stereocenters. The van der Waals surface area contributed by atoms with Crippen molar-refractivity contribution in [3.05, 3.63) is 58.6 Å². The molecular weight excluding hydrogens is 428 g/mol. The zero-order valence-corrected chi connectivity index (χ0v) is 18.9. The second-order valence-electron chi connectivity index (χ2n) is 6.72. The third-order valence-electron chi connectivity index (χ3n) is 4.35. The molecule has 7 nitrogen and oxygen atoms in total. The predicted octanol–water partition coefficient (Wildman–Crippen LogP) is 4.01. The zero-order valence-electron chi connectivity index (χ0n) is 17.3. The number of sulfonamides is 1. The van der Waals surface area contributed by atoms with Crippen LogP contribution < -0.4 is 9.62 Å². The number of ether oxygens (including phenoxy) is 1. The van der Waals surface area contributed by atoms with Gasteiger partial charge in [0.05, 0.1) is 29.1 Å².